The highest BCUT2D eigenvalue weighted by atomic mass is 16.5. The molecule has 0 aromatic heterocycles. The van der Waals surface area contributed by atoms with Gasteiger partial charge in [0.25, 0.3) is 0 Å². The Kier molecular flexibility index (Phi) is 4.42. The van der Waals surface area contributed by atoms with Crippen molar-refractivity contribution in [2.45, 2.75) is 57.3 Å². The Hall–Kier alpha value is -0.160. The number of ether oxygens (including phenoxy) is 1. The minimum Gasteiger partial charge on any atom is -0.395 e. The van der Waals surface area contributed by atoms with E-state index in [0.29, 0.717) is 12.0 Å². The van der Waals surface area contributed by atoms with Crippen LogP contribution in [0.1, 0.15) is 33.1 Å². The highest BCUT2D eigenvalue weighted by Crippen LogP contribution is 2.35. The monoisotopic (exact) mass is 242 g/mol. The van der Waals surface area contributed by atoms with Crippen LogP contribution in [-0.4, -0.2) is 54.0 Å². The second-order valence-corrected chi connectivity index (χ2v) is 5.57. The minimum atomic E-state index is 0.110. The summed E-state index contributed by atoms with van der Waals surface area (Å²) in [6.07, 6.45) is 3.77. The Morgan fingerprint density at radius 3 is 2.71 bits per heavy atom. The van der Waals surface area contributed by atoms with Crippen molar-refractivity contribution >= 4 is 0 Å². The fourth-order valence-electron chi connectivity index (χ4n) is 2.87. The van der Waals surface area contributed by atoms with E-state index in [9.17, 15) is 5.11 Å². The van der Waals surface area contributed by atoms with Crippen LogP contribution in [0, 0.1) is 5.92 Å². The number of aliphatic hydroxyl groups excluding tert-OH is 1. The van der Waals surface area contributed by atoms with E-state index in [1.807, 2.05) is 0 Å². The van der Waals surface area contributed by atoms with Crippen molar-refractivity contribution < 1.29 is 9.84 Å². The first kappa shape index (κ1) is 13.3. The predicted octanol–water partition coefficient (Wildman–Crippen LogP) is 0.584. The van der Waals surface area contributed by atoms with Crippen molar-refractivity contribution in [3.63, 3.8) is 0 Å². The Morgan fingerprint density at radius 1 is 1.47 bits per heavy atom. The van der Waals surface area contributed by atoms with Crippen LogP contribution in [0.15, 0.2) is 0 Å². The maximum atomic E-state index is 9.66. The van der Waals surface area contributed by atoms with Gasteiger partial charge >= 0.3 is 0 Å². The molecule has 0 radical (unpaired) electrons. The lowest BCUT2D eigenvalue weighted by Crippen LogP contribution is -2.60. The van der Waals surface area contributed by atoms with Gasteiger partial charge < -0.3 is 15.6 Å². The summed E-state index contributed by atoms with van der Waals surface area (Å²) in [4.78, 5) is 2.39. The number of hydrogen-bond acceptors (Lipinski definition) is 4. The third-order valence-electron chi connectivity index (χ3n) is 4.21. The summed E-state index contributed by atoms with van der Waals surface area (Å²) in [5.41, 5.74) is 6.28. The number of rotatable bonds is 5. The predicted molar refractivity (Wildman–Crippen MR) is 67.8 cm³/mol. The third kappa shape index (κ3) is 2.99. The third-order valence-corrected chi connectivity index (χ3v) is 4.21. The van der Waals surface area contributed by atoms with Crippen LogP contribution in [0.4, 0.5) is 0 Å². The lowest BCUT2D eigenvalue weighted by atomic mass is 9.99. The summed E-state index contributed by atoms with van der Waals surface area (Å²) in [5, 5.41) is 9.66. The molecule has 0 aromatic carbocycles. The normalized spacial score (nSPS) is 34.6. The van der Waals surface area contributed by atoms with E-state index in [1.54, 1.807) is 0 Å². The van der Waals surface area contributed by atoms with E-state index in [0.717, 1.165) is 19.6 Å². The molecule has 0 spiro atoms. The van der Waals surface area contributed by atoms with Crippen molar-refractivity contribution in [2.75, 3.05) is 19.8 Å². The molecule has 2 aliphatic rings. The van der Waals surface area contributed by atoms with Crippen molar-refractivity contribution in [2.24, 2.45) is 11.7 Å². The fourth-order valence-corrected chi connectivity index (χ4v) is 2.87. The van der Waals surface area contributed by atoms with Gasteiger partial charge in [-0.2, -0.15) is 0 Å². The minimum absolute atomic E-state index is 0.110. The first-order valence-corrected chi connectivity index (χ1v) is 6.91. The molecule has 4 nitrogen and oxygen atoms in total. The lowest BCUT2D eigenvalue weighted by Gasteiger charge is -2.44. The van der Waals surface area contributed by atoms with Crippen molar-refractivity contribution in [1.29, 1.82) is 0 Å². The van der Waals surface area contributed by atoms with Gasteiger partial charge in [-0.25, -0.2) is 0 Å². The first-order chi connectivity index (χ1) is 8.17. The van der Waals surface area contributed by atoms with Gasteiger partial charge in [0.2, 0.25) is 0 Å². The number of morpholine rings is 1. The maximum absolute atomic E-state index is 9.66. The zero-order valence-corrected chi connectivity index (χ0v) is 11.0. The molecule has 3 N–H and O–H groups in total. The number of nitrogens with zero attached hydrogens (tertiary/aromatic N) is 1. The lowest BCUT2D eigenvalue weighted by molar-refractivity contribution is -0.0846. The number of nitrogens with two attached hydrogens (primary N) is 1. The molecule has 4 heteroatoms. The SMILES string of the molecule is CCC1COC(C)CN1C(CO)C(N)C1CC1. The van der Waals surface area contributed by atoms with Gasteiger partial charge in [-0.05, 0) is 32.1 Å². The van der Waals surface area contributed by atoms with Gasteiger partial charge in [-0.1, -0.05) is 6.92 Å². The summed E-state index contributed by atoms with van der Waals surface area (Å²) >= 11 is 0. The van der Waals surface area contributed by atoms with Crippen LogP contribution in [0.25, 0.3) is 0 Å². The van der Waals surface area contributed by atoms with Crippen LogP contribution in [0.2, 0.25) is 0 Å². The van der Waals surface area contributed by atoms with E-state index < -0.39 is 0 Å². The molecule has 4 atom stereocenters. The van der Waals surface area contributed by atoms with Crippen LogP contribution in [0.5, 0.6) is 0 Å². The molecule has 1 aliphatic carbocycles. The molecule has 0 bridgehead atoms. The summed E-state index contributed by atoms with van der Waals surface area (Å²) in [6, 6.07) is 0.645. The average molecular weight is 242 g/mol. The number of aliphatic hydroxyl groups is 1. The van der Waals surface area contributed by atoms with Crippen molar-refractivity contribution in [3.05, 3.63) is 0 Å². The van der Waals surface area contributed by atoms with Crippen molar-refractivity contribution in [3.8, 4) is 0 Å². The molecule has 1 aliphatic heterocycles. The molecule has 0 amide bonds. The van der Waals surface area contributed by atoms with Gasteiger partial charge in [0.1, 0.15) is 0 Å². The zero-order valence-electron chi connectivity index (χ0n) is 11.0. The Labute approximate surface area is 104 Å². The summed E-state index contributed by atoms with van der Waals surface area (Å²) in [7, 11) is 0. The van der Waals surface area contributed by atoms with Crippen LogP contribution >= 0.6 is 0 Å². The van der Waals surface area contributed by atoms with E-state index >= 15 is 0 Å². The summed E-state index contributed by atoms with van der Waals surface area (Å²) in [5.74, 6) is 0.628. The van der Waals surface area contributed by atoms with Crippen molar-refractivity contribution in [1.82, 2.24) is 4.90 Å². The Balaban J connectivity index is 2.03. The molecule has 2 rings (SSSR count). The van der Waals surface area contributed by atoms with Gasteiger partial charge in [0.15, 0.2) is 0 Å². The molecule has 1 heterocycles. The second-order valence-electron chi connectivity index (χ2n) is 5.57. The number of hydrogen-bond donors (Lipinski definition) is 2. The van der Waals surface area contributed by atoms with E-state index in [2.05, 4.69) is 18.7 Å². The van der Waals surface area contributed by atoms with Gasteiger partial charge in [-0.15, -0.1) is 0 Å². The largest absolute Gasteiger partial charge is 0.395 e. The van der Waals surface area contributed by atoms with Crippen LogP contribution in [-0.2, 0) is 4.74 Å². The summed E-state index contributed by atoms with van der Waals surface area (Å²) < 4.78 is 5.70. The Morgan fingerprint density at radius 2 is 2.18 bits per heavy atom. The average Bonchev–Trinajstić information content (AvgIpc) is 3.14. The maximum Gasteiger partial charge on any atom is 0.0674 e. The highest BCUT2D eigenvalue weighted by molar-refractivity contribution is 4.96. The fraction of sp³-hybridized carbons (Fsp3) is 1.00. The molecular formula is C13H26N2O2. The molecule has 0 aromatic rings. The topological polar surface area (TPSA) is 58.7 Å². The van der Waals surface area contributed by atoms with E-state index in [-0.39, 0.29) is 24.8 Å². The second kappa shape index (κ2) is 5.65. The standard InChI is InChI=1S/C13H26N2O2/c1-3-11-8-17-9(2)6-15(11)12(7-16)13(14)10-4-5-10/h9-13,16H,3-8,14H2,1-2H3. The molecule has 1 saturated heterocycles. The Bertz CT molecular complexity index is 246. The quantitative estimate of drug-likeness (QED) is 0.740. The van der Waals surface area contributed by atoms with Gasteiger partial charge in [0, 0.05) is 24.7 Å². The van der Waals surface area contributed by atoms with E-state index in [4.69, 9.17) is 10.5 Å². The smallest absolute Gasteiger partial charge is 0.0674 e. The molecular weight excluding hydrogens is 216 g/mol. The molecule has 4 unspecified atom stereocenters. The zero-order chi connectivity index (χ0) is 12.4. The molecule has 1 saturated carbocycles. The highest BCUT2D eigenvalue weighted by Gasteiger charge is 2.40. The molecule has 2 fully saturated rings. The molecule has 17 heavy (non-hydrogen) atoms. The van der Waals surface area contributed by atoms with E-state index in [1.165, 1.54) is 12.8 Å². The first-order valence-electron chi connectivity index (χ1n) is 6.91. The van der Waals surface area contributed by atoms with Crippen LogP contribution in [0.3, 0.4) is 0 Å². The van der Waals surface area contributed by atoms with Gasteiger partial charge in [0.05, 0.1) is 19.3 Å². The summed E-state index contributed by atoms with van der Waals surface area (Å²) in [6.45, 7) is 6.10. The molecule has 100 valence electrons. The van der Waals surface area contributed by atoms with Crippen LogP contribution < -0.4 is 5.73 Å². The van der Waals surface area contributed by atoms with Gasteiger partial charge in [-0.3, -0.25) is 4.90 Å².